The van der Waals surface area contributed by atoms with Crippen LogP contribution in [0, 0.1) is 18.6 Å². The van der Waals surface area contributed by atoms with Crippen molar-refractivity contribution < 1.29 is 26.7 Å². The maximum atomic E-state index is 14.3. The molecule has 0 amide bonds. The van der Waals surface area contributed by atoms with Gasteiger partial charge < -0.3 is 4.74 Å². The van der Waals surface area contributed by atoms with E-state index >= 15 is 0 Å². The van der Waals surface area contributed by atoms with Gasteiger partial charge in [-0.05, 0) is 36.2 Å². The Bertz CT molecular complexity index is 946. The highest BCUT2D eigenvalue weighted by Crippen LogP contribution is 2.36. The molecule has 0 aliphatic rings. The quantitative estimate of drug-likeness (QED) is 0.632. The lowest BCUT2D eigenvalue weighted by molar-refractivity contribution is -0.145. The molecule has 0 N–H and O–H groups in total. The lowest BCUT2D eigenvalue weighted by Gasteiger charge is -2.16. The number of hydrogen-bond acceptors (Lipinski definition) is 2. The molecule has 25 heavy (non-hydrogen) atoms. The molecule has 132 valence electrons. The monoisotopic (exact) mass is 356 g/mol. The summed E-state index contributed by atoms with van der Waals surface area (Å²) in [7, 11) is 1.45. The normalized spacial score (nSPS) is 12.1. The third kappa shape index (κ3) is 2.86. The van der Waals surface area contributed by atoms with Gasteiger partial charge in [0.1, 0.15) is 5.52 Å². The van der Waals surface area contributed by atoms with E-state index in [0.29, 0.717) is 15.7 Å². The van der Waals surface area contributed by atoms with Crippen molar-refractivity contribution in [3.63, 3.8) is 0 Å². The molecular weight excluding hydrogens is 343 g/mol. The van der Waals surface area contributed by atoms with Crippen molar-refractivity contribution in [2.24, 2.45) is 0 Å². The fourth-order valence-electron chi connectivity index (χ4n) is 2.75. The fourth-order valence-corrected chi connectivity index (χ4v) is 2.75. The van der Waals surface area contributed by atoms with Gasteiger partial charge in [0.25, 0.3) is 0 Å². The number of ether oxygens (including phenoxy) is 1. The summed E-state index contributed by atoms with van der Waals surface area (Å²) in [6.45, 7) is 1.76. The van der Waals surface area contributed by atoms with Crippen LogP contribution in [0.25, 0.3) is 16.7 Å². The Balaban J connectivity index is 2.43. The third-order valence-electron chi connectivity index (χ3n) is 3.92. The largest absolute Gasteiger partial charge is 0.450 e. The number of imidazole rings is 1. The topological polar surface area (TPSA) is 27.1 Å². The molecule has 1 heterocycles. The van der Waals surface area contributed by atoms with Gasteiger partial charge in [0, 0.05) is 7.11 Å². The van der Waals surface area contributed by atoms with Crippen molar-refractivity contribution in [3.8, 4) is 5.69 Å². The lowest BCUT2D eigenvalue weighted by atomic mass is 10.1. The molecule has 0 bridgehead atoms. The van der Waals surface area contributed by atoms with Crippen LogP contribution in [0.2, 0.25) is 0 Å². The summed E-state index contributed by atoms with van der Waals surface area (Å²) in [4.78, 5) is 3.48. The first-order valence-electron chi connectivity index (χ1n) is 7.27. The van der Waals surface area contributed by atoms with Gasteiger partial charge in [-0.2, -0.15) is 13.2 Å². The fraction of sp³-hybridized carbons (Fsp3) is 0.235. The van der Waals surface area contributed by atoms with E-state index in [-0.39, 0.29) is 17.8 Å². The number of halogens is 5. The molecule has 0 saturated carbocycles. The predicted molar refractivity (Wildman–Crippen MR) is 81.4 cm³/mol. The molecule has 0 spiro atoms. The first-order valence-corrected chi connectivity index (χ1v) is 7.27. The summed E-state index contributed by atoms with van der Waals surface area (Å²) < 4.78 is 74.0. The minimum atomic E-state index is -4.84. The molecule has 3 rings (SSSR count). The SMILES string of the molecule is COCc1cccc(-n2c(C(F)(F)F)nc3ccc(F)c(F)c32)c1C. The van der Waals surface area contributed by atoms with Gasteiger partial charge in [0.2, 0.25) is 5.82 Å². The van der Waals surface area contributed by atoms with Crippen molar-refractivity contribution in [2.75, 3.05) is 7.11 Å². The number of benzene rings is 2. The second-order valence-electron chi connectivity index (χ2n) is 5.49. The Hall–Kier alpha value is -2.48. The van der Waals surface area contributed by atoms with Crippen LogP contribution >= 0.6 is 0 Å². The Morgan fingerprint density at radius 2 is 1.84 bits per heavy atom. The maximum absolute atomic E-state index is 14.3. The van der Waals surface area contributed by atoms with Crippen LogP contribution in [-0.2, 0) is 17.5 Å². The summed E-state index contributed by atoms with van der Waals surface area (Å²) in [5, 5.41) is 0. The van der Waals surface area contributed by atoms with Crippen molar-refractivity contribution in [1.82, 2.24) is 9.55 Å². The second kappa shape index (κ2) is 6.11. The highest BCUT2D eigenvalue weighted by molar-refractivity contribution is 5.79. The van der Waals surface area contributed by atoms with E-state index in [1.807, 2.05) is 0 Å². The van der Waals surface area contributed by atoms with E-state index in [4.69, 9.17) is 4.74 Å². The van der Waals surface area contributed by atoms with E-state index in [1.165, 1.54) is 19.2 Å². The van der Waals surface area contributed by atoms with Gasteiger partial charge in [-0.1, -0.05) is 12.1 Å². The molecule has 2 aromatic carbocycles. The van der Waals surface area contributed by atoms with Crippen LogP contribution in [0.15, 0.2) is 30.3 Å². The first kappa shape index (κ1) is 17.3. The standard InChI is InChI=1S/C17H13F5N2O/c1-9-10(8-25-2)4-3-5-13(9)24-15-12(7-6-11(18)14(15)19)23-16(24)17(20,21)22/h3-7H,8H2,1-2H3. The molecule has 0 saturated heterocycles. The predicted octanol–water partition coefficient (Wildman–Crippen LogP) is 4.78. The zero-order chi connectivity index (χ0) is 18.4. The summed E-state index contributed by atoms with van der Waals surface area (Å²) in [6.07, 6.45) is -4.84. The van der Waals surface area contributed by atoms with Gasteiger partial charge >= 0.3 is 6.18 Å². The molecule has 0 unspecified atom stereocenters. The first-order chi connectivity index (χ1) is 11.8. The van der Waals surface area contributed by atoms with Gasteiger partial charge in [0.05, 0.1) is 17.8 Å². The number of methoxy groups -OCH3 is 1. The molecule has 8 heteroatoms. The zero-order valence-corrected chi connectivity index (χ0v) is 13.3. The Labute approximate surface area is 139 Å². The molecule has 3 aromatic rings. The van der Waals surface area contributed by atoms with Crippen LogP contribution in [0.3, 0.4) is 0 Å². The van der Waals surface area contributed by atoms with Crippen LogP contribution < -0.4 is 0 Å². The summed E-state index contributed by atoms with van der Waals surface area (Å²) in [6, 6.07) is 6.39. The van der Waals surface area contributed by atoms with Gasteiger partial charge in [-0.15, -0.1) is 0 Å². The number of fused-ring (bicyclic) bond motifs is 1. The summed E-state index contributed by atoms with van der Waals surface area (Å²) in [5.74, 6) is -3.94. The van der Waals surface area contributed by atoms with E-state index in [1.54, 1.807) is 13.0 Å². The van der Waals surface area contributed by atoms with Gasteiger partial charge in [0.15, 0.2) is 11.6 Å². The van der Waals surface area contributed by atoms with E-state index < -0.39 is 29.2 Å². The number of rotatable bonds is 3. The Morgan fingerprint density at radius 1 is 1.12 bits per heavy atom. The smallest absolute Gasteiger partial charge is 0.380 e. The zero-order valence-electron chi connectivity index (χ0n) is 13.3. The molecule has 0 radical (unpaired) electrons. The molecule has 0 aliphatic heterocycles. The minimum Gasteiger partial charge on any atom is -0.380 e. The highest BCUT2D eigenvalue weighted by Gasteiger charge is 2.39. The molecule has 3 nitrogen and oxygen atoms in total. The second-order valence-corrected chi connectivity index (χ2v) is 5.49. The Kier molecular flexibility index (Phi) is 4.24. The van der Waals surface area contributed by atoms with E-state index in [0.717, 1.165) is 12.1 Å². The van der Waals surface area contributed by atoms with Crippen molar-refractivity contribution in [1.29, 1.82) is 0 Å². The average molecular weight is 356 g/mol. The number of aromatic nitrogens is 2. The summed E-state index contributed by atoms with van der Waals surface area (Å²) >= 11 is 0. The Morgan fingerprint density at radius 3 is 2.48 bits per heavy atom. The maximum Gasteiger partial charge on any atom is 0.450 e. The van der Waals surface area contributed by atoms with Crippen LogP contribution in [0.1, 0.15) is 17.0 Å². The number of nitrogens with zero attached hydrogens (tertiary/aromatic N) is 2. The van der Waals surface area contributed by atoms with E-state index in [2.05, 4.69) is 4.98 Å². The minimum absolute atomic E-state index is 0.0638. The lowest BCUT2D eigenvalue weighted by Crippen LogP contribution is -2.15. The van der Waals surface area contributed by atoms with Crippen LogP contribution in [0.5, 0.6) is 0 Å². The molecule has 1 aromatic heterocycles. The summed E-state index contributed by atoms with van der Waals surface area (Å²) in [5.41, 5.74) is 0.325. The van der Waals surface area contributed by atoms with E-state index in [9.17, 15) is 22.0 Å². The number of alkyl halides is 3. The molecule has 0 atom stereocenters. The van der Waals surface area contributed by atoms with Gasteiger partial charge in [-0.25, -0.2) is 13.8 Å². The molecule has 0 aliphatic carbocycles. The van der Waals surface area contributed by atoms with Crippen molar-refractivity contribution in [3.05, 3.63) is 58.9 Å². The number of hydrogen-bond donors (Lipinski definition) is 0. The highest BCUT2D eigenvalue weighted by atomic mass is 19.4. The average Bonchev–Trinajstić information content (AvgIpc) is 2.93. The molecule has 0 fully saturated rings. The molecular formula is C17H13F5N2O. The van der Waals surface area contributed by atoms with Crippen LogP contribution in [0.4, 0.5) is 22.0 Å². The van der Waals surface area contributed by atoms with Crippen LogP contribution in [-0.4, -0.2) is 16.7 Å². The van der Waals surface area contributed by atoms with Gasteiger partial charge in [-0.3, -0.25) is 4.57 Å². The van der Waals surface area contributed by atoms with Crippen molar-refractivity contribution in [2.45, 2.75) is 19.7 Å². The third-order valence-corrected chi connectivity index (χ3v) is 3.92. The van der Waals surface area contributed by atoms with Crippen molar-refractivity contribution >= 4 is 11.0 Å².